The van der Waals surface area contributed by atoms with Gasteiger partial charge in [-0.2, -0.15) is 5.26 Å². The van der Waals surface area contributed by atoms with Crippen molar-refractivity contribution in [3.05, 3.63) is 65.7 Å². The minimum Gasteiger partial charge on any atom is -0.336 e. The largest absolute Gasteiger partial charge is 0.336 e. The van der Waals surface area contributed by atoms with E-state index in [0.717, 1.165) is 13.1 Å². The summed E-state index contributed by atoms with van der Waals surface area (Å²) in [6.07, 6.45) is 2.42. The summed E-state index contributed by atoms with van der Waals surface area (Å²) in [5, 5.41) is 14.6. The molecule has 5 nitrogen and oxygen atoms in total. The summed E-state index contributed by atoms with van der Waals surface area (Å²) >= 11 is 0. The van der Waals surface area contributed by atoms with Gasteiger partial charge in [-0.15, -0.1) is 0 Å². The molecule has 0 aromatic heterocycles. The fourth-order valence-electron chi connectivity index (χ4n) is 3.18. The Balaban J connectivity index is 1.60. The lowest BCUT2D eigenvalue weighted by Crippen LogP contribution is -2.38. The highest BCUT2D eigenvalue weighted by molar-refractivity contribution is 5.89. The molecule has 2 amide bonds. The quantitative estimate of drug-likeness (QED) is 0.879. The van der Waals surface area contributed by atoms with Crippen LogP contribution in [0.2, 0.25) is 0 Å². The molecule has 0 radical (unpaired) electrons. The fourth-order valence-corrected chi connectivity index (χ4v) is 3.18. The van der Waals surface area contributed by atoms with Gasteiger partial charge in [-0.1, -0.05) is 30.3 Å². The summed E-state index contributed by atoms with van der Waals surface area (Å²) in [5.74, 6) is 0. The summed E-state index contributed by atoms with van der Waals surface area (Å²) in [7, 11) is 0. The van der Waals surface area contributed by atoms with Crippen molar-refractivity contribution in [1.82, 2.24) is 10.2 Å². The molecule has 1 fully saturated rings. The third-order valence-corrected chi connectivity index (χ3v) is 4.49. The van der Waals surface area contributed by atoms with E-state index in [1.54, 1.807) is 24.3 Å². The van der Waals surface area contributed by atoms with Gasteiger partial charge in [-0.05, 0) is 55.8 Å². The number of hydrogen-bond donors (Lipinski definition) is 2. The molecule has 0 aliphatic carbocycles. The van der Waals surface area contributed by atoms with Crippen molar-refractivity contribution in [2.24, 2.45) is 0 Å². The van der Waals surface area contributed by atoms with Crippen LogP contribution in [0.5, 0.6) is 0 Å². The van der Waals surface area contributed by atoms with E-state index in [0.29, 0.717) is 17.8 Å². The number of hydrogen-bond acceptors (Lipinski definition) is 3. The molecule has 1 saturated heterocycles. The molecule has 0 bridgehead atoms. The van der Waals surface area contributed by atoms with Crippen LogP contribution < -0.4 is 10.6 Å². The average Bonchev–Trinajstić information content (AvgIpc) is 3.18. The zero-order chi connectivity index (χ0) is 17.5. The Morgan fingerprint density at radius 1 is 1.08 bits per heavy atom. The van der Waals surface area contributed by atoms with Crippen LogP contribution in [0.25, 0.3) is 0 Å². The summed E-state index contributed by atoms with van der Waals surface area (Å²) in [6, 6.07) is 19.2. The van der Waals surface area contributed by atoms with Crippen molar-refractivity contribution in [1.29, 1.82) is 5.26 Å². The molecular formula is C20H22N4O. The van der Waals surface area contributed by atoms with Gasteiger partial charge in [0.05, 0.1) is 17.7 Å². The van der Waals surface area contributed by atoms with Gasteiger partial charge in [0, 0.05) is 12.2 Å². The van der Waals surface area contributed by atoms with Crippen molar-refractivity contribution in [3.8, 4) is 6.07 Å². The minimum atomic E-state index is -0.232. The summed E-state index contributed by atoms with van der Waals surface area (Å²) in [5.41, 5.74) is 2.47. The van der Waals surface area contributed by atoms with Gasteiger partial charge in [-0.25, -0.2) is 4.79 Å². The molecule has 0 spiro atoms. The molecule has 25 heavy (non-hydrogen) atoms. The Hall–Kier alpha value is -2.84. The molecule has 2 aromatic carbocycles. The second kappa shape index (κ2) is 8.32. The number of carbonyl (C=O) groups is 1. The molecule has 2 aromatic rings. The third-order valence-electron chi connectivity index (χ3n) is 4.49. The number of benzene rings is 2. The number of nitrogens with one attached hydrogen (secondary N) is 2. The average molecular weight is 334 g/mol. The van der Waals surface area contributed by atoms with E-state index in [1.165, 1.54) is 18.4 Å². The van der Waals surface area contributed by atoms with Crippen molar-refractivity contribution in [2.45, 2.75) is 18.9 Å². The van der Waals surface area contributed by atoms with Crippen LogP contribution in [0.1, 0.15) is 30.0 Å². The molecule has 2 N–H and O–H groups in total. The van der Waals surface area contributed by atoms with Crippen LogP contribution in [-0.4, -0.2) is 30.6 Å². The number of anilines is 1. The van der Waals surface area contributed by atoms with Gasteiger partial charge in [0.25, 0.3) is 0 Å². The molecule has 1 heterocycles. The standard InChI is InChI=1S/C20H22N4O/c21-14-16-8-10-18(11-9-16)23-20(25)22-15-19(24-12-4-5-13-24)17-6-2-1-3-7-17/h1-3,6-11,19H,4-5,12-13,15H2,(H2,22,23,25). The third kappa shape index (κ3) is 4.59. The van der Waals surface area contributed by atoms with E-state index in [-0.39, 0.29) is 12.1 Å². The molecule has 128 valence electrons. The smallest absolute Gasteiger partial charge is 0.319 e. The molecular weight excluding hydrogens is 312 g/mol. The Morgan fingerprint density at radius 2 is 1.76 bits per heavy atom. The number of carbonyl (C=O) groups excluding carboxylic acids is 1. The Labute approximate surface area is 148 Å². The highest BCUT2D eigenvalue weighted by Crippen LogP contribution is 2.24. The van der Waals surface area contributed by atoms with Crippen LogP contribution in [-0.2, 0) is 0 Å². The van der Waals surface area contributed by atoms with E-state index in [2.05, 4.69) is 33.7 Å². The van der Waals surface area contributed by atoms with E-state index in [1.807, 2.05) is 18.2 Å². The first-order chi connectivity index (χ1) is 12.3. The number of rotatable bonds is 5. The van der Waals surface area contributed by atoms with Gasteiger partial charge in [0.2, 0.25) is 0 Å². The van der Waals surface area contributed by atoms with Gasteiger partial charge in [0.15, 0.2) is 0 Å². The van der Waals surface area contributed by atoms with Gasteiger partial charge >= 0.3 is 6.03 Å². The summed E-state index contributed by atoms with van der Waals surface area (Å²) < 4.78 is 0. The normalized spacial score (nSPS) is 15.3. The number of nitriles is 1. The topological polar surface area (TPSA) is 68.2 Å². The van der Waals surface area contributed by atoms with Gasteiger partial charge < -0.3 is 10.6 Å². The van der Waals surface area contributed by atoms with Crippen LogP contribution in [0.4, 0.5) is 10.5 Å². The number of nitrogens with zero attached hydrogens (tertiary/aromatic N) is 2. The second-order valence-electron chi connectivity index (χ2n) is 6.19. The molecule has 1 aliphatic rings. The predicted molar refractivity (Wildman–Crippen MR) is 98.2 cm³/mol. The first-order valence-corrected chi connectivity index (χ1v) is 8.60. The number of amides is 2. The first kappa shape index (κ1) is 17.0. The monoisotopic (exact) mass is 334 g/mol. The van der Waals surface area contributed by atoms with Crippen molar-refractivity contribution in [3.63, 3.8) is 0 Å². The molecule has 1 unspecified atom stereocenters. The molecule has 0 saturated carbocycles. The summed E-state index contributed by atoms with van der Waals surface area (Å²) in [4.78, 5) is 14.6. The van der Waals surface area contributed by atoms with Crippen LogP contribution in [0.3, 0.4) is 0 Å². The zero-order valence-corrected chi connectivity index (χ0v) is 14.1. The molecule has 1 atom stereocenters. The highest BCUT2D eigenvalue weighted by atomic mass is 16.2. The fraction of sp³-hybridized carbons (Fsp3) is 0.300. The van der Waals surface area contributed by atoms with Crippen molar-refractivity contribution < 1.29 is 4.79 Å². The molecule has 1 aliphatic heterocycles. The second-order valence-corrected chi connectivity index (χ2v) is 6.19. The molecule has 3 rings (SSSR count). The van der Waals surface area contributed by atoms with E-state index >= 15 is 0 Å². The van der Waals surface area contributed by atoms with E-state index in [9.17, 15) is 4.79 Å². The SMILES string of the molecule is N#Cc1ccc(NC(=O)NCC(c2ccccc2)N2CCCC2)cc1. The highest BCUT2D eigenvalue weighted by Gasteiger charge is 2.23. The summed E-state index contributed by atoms with van der Waals surface area (Å²) in [6.45, 7) is 2.70. The number of likely N-dealkylation sites (tertiary alicyclic amines) is 1. The maximum absolute atomic E-state index is 12.2. The zero-order valence-electron chi connectivity index (χ0n) is 14.1. The van der Waals surface area contributed by atoms with Crippen LogP contribution in [0.15, 0.2) is 54.6 Å². The Kier molecular flexibility index (Phi) is 5.65. The van der Waals surface area contributed by atoms with E-state index in [4.69, 9.17) is 5.26 Å². The first-order valence-electron chi connectivity index (χ1n) is 8.60. The van der Waals surface area contributed by atoms with Gasteiger partial charge in [-0.3, -0.25) is 4.90 Å². The van der Waals surface area contributed by atoms with Crippen molar-refractivity contribution >= 4 is 11.7 Å². The lowest BCUT2D eigenvalue weighted by atomic mass is 10.1. The Morgan fingerprint density at radius 3 is 2.40 bits per heavy atom. The maximum Gasteiger partial charge on any atom is 0.319 e. The van der Waals surface area contributed by atoms with Crippen LogP contribution >= 0.6 is 0 Å². The van der Waals surface area contributed by atoms with Crippen molar-refractivity contribution in [2.75, 3.05) is 25.0 Å². The van der Waals surface area contributed by atoms with E-state index < -0.39 is 0 Å². The maximum atomic E-state index is 12.2. The predicted octanol–water partition coefficient (Wildman–Crippen LogP) is 3.52. The lowest BCUT2D eigenvalue weighted by Gasteiger charge is -2.28. The Bertz CT molecular complexity index is 731. The van der Waals surface area contributed by atoms with Gasteiger partial charge in [0.1, 0.15) is 0 Å². The lowest BCUT2D eigenvalue weighted by molar-refractivity contribution is 0.227. The molecule has 5 heteroatoms. The number of urea groups is 1. The minimum absolute atomic E-state index is 0.190. The van der Waals surface area contributed by atoms with Crippen LogP contribution in [0, 0.1) is 11.3 Å².